The molecule has 1 aromatic carbocycles. The van der Waals surface area contributed by atoms with Crippen LogP contribution < -0.4 is 21.5 Å². The third kappa shape index (κ3) is 4.16. The zero-order valence-corrected chi connectivity index (χ0v) is 16.2. The van der Waals surface area contributed by atoms with Crippen molar-refractivity contribution in [2.24, 2.45) is 5.14 Å². The molecule has 0 radical (unpaired) electrons. The average Bonchev–Trinajstić information content (AvgIpc) is 2.66. The lowest BCUT2D eigenvalue weighted by Crippen LogP contribution is -2.12. The molecular weight excluding hydrogens is 396 g/mol. The molecule has 0 atom stereocenters. The zero-order chi connectivity index (χ0) is 21.2. The highest BCUT2D eigenvalue weighted by Gasteiger charge is 2.17. The van der Waals surface area contributed by atoms with Gasteiger partial charge in [-0.1, -0.05) is 0 Å². The number of aliphatic hydroxyl groups is 1. The van der Waals surface area contributed by atoms with Crippen molar-refractivity contribution in [3.63, 3.8) is 0 Å². The number of rotatable bonds is 6. The molecule has 29 heavy (non-hydrogen) atoms. The molecule has 3 aromatic rings. The first-order valence-corrected chi connectivity index (χ1v) is 9.91. The first-order valence-electron chi connectivity index (χ1n) is 8.37. The molecule has 0 fully saturated rings. The molecule has 3 rings (SSSR count). The standard InChI is InChI=1S/C17H18N8O3S/c1-9-12(8-18)15(22-10-2-4-11(5-3-10)29(20,27)28)24-16-13(9)14(19)23-17(25-16)21-6-7-26/h2-5,26H,6-7H2,1H3,(H2,20,27,28)(H4,19,21,22,23,24,25). The van der Waals surface area contributed by atoms with Gasteiger partial charge in [-0.15, -0.1) is 0 Å². The predicted octanol–water partition coefficient (Wildman–Crippen LogP) is 0.582. The van der Waals surface area contributed by atoms with E-state index in [1.54, 1.807) is 6.92 Å². The highest BCUT2D eigenvalue weighted by Crippen LogP contribution is 2.30. The normalized spacial score (nSPS) is 11.2. The van der Waals surface area contributed by atoms with Crippen LogP contribution in [0.1, 0.15) is 11.1 Å². The quantitative estimate of drug-likeness (QED) is 0.381. The van der Waals surface area contributed by atoms with Crippen LogP contribution in [0.4, 0.5) is 23.3 Å². The Bertz CT molecular complexity index is 1220. The number of fused-ring (bicyclic) bond motifs is 1. The Balaban J connectivity index is 2.08. The molecule has 0 spiro atoms. The number of nitrogens with one attached hydrogen (secondary N) is 2. The van der Waals surface area contributed by atoms with Gasteiger partial charge < -0.3 is 21.5 Å². The van der Waals surface area contributed by atoms with Crippen molar-refractivity contribution < 1.29 is 13.5 Å². The van der Waals surface area contributed by atoms with Gasteiger partial charge in [0.05, 0.1) is 22.5 Å². The summed E-state index contributed by atoms with van der Waals surface area (Å²) in [4.78, 5) is 12.8. The molecular formula is C17H18N8O3S. The van der Waals surface area contributed by atoms with Crippen molar-refractivity contribution in [2.75, 3.05) is 29.5 Å². The Morgan fingerprint density at radius 1 is 1.21 bits per heavy atom. The van der Waals surface area contributed by atoms with E-state index >= 15 is 0 Å². The maximum Gasteiger partial charge on any atom is 0.238 e. The van der Waals surface area contributed by atoms with Crippen molar-refractivity contribution in [2.45, 2.75) is 11.8 Å². The van der Waals surface area contributed by atoms with Gasteiger partial charge in [0.2, 0.25) is 16.0 Å². The molecule has 0 saturated carbocycles. The Morgan fingerprint density at radius 2 is 1.90 bits per heavy atom. The number of nitriles is 1. The van der Waals surface area contributed by atoms with Gasteiger partial charge >= 0.3 is 0 Å². The SMILES string of the molecule is Cc1c(C#N)c(Nc2ccc(S(N)(=O)=O)cc2)nc2nc(NCCO)nc(N)c12. The number of pyridine rings is 1. The molecule has 0 amide bonds. The van der Waals surface area contributed by atoms with Crippen LogP contribution in [0.25, 0.3) is 11.0 Å². The van der Waals surface area contributed by atoms with Crippen LogP contribution in [0.2, 0.25) is 0 Å². The van der Waals surface area contributed by atoms with Crippen LogP contribution in [0, 0.1) is 18.3 Å². The Labute approximate surface area is 166 Å². The lowest BCUT2D eigenvalue weighted by atomic mass is 10.1. The molecule has 2 heterocycles. The predicted molar refractivity (Wildman–Crippen MR) is 108 cm³/mol. The highest BCUT2D eigenvalue weighted by atomic mass is 32.2. The van der Waals surface area contributed by atoms with E-state index in [0.717, 1.165) is 0 Å². The first-order chi connectivity index (χ1) is 13.7. The van der Waals surface area contributed by atoms with E-state index in [1.165, 1.54) is 24.3 Å². The van der Waals surface area contributed by atoms with Crippen LogP contribution in [-0.2, 0) is 10.0 Å². The third-order valence-corrected chi connectivity index (χ3v) is 5.00. The van der Waals surface area contributed by atoms with E-state index in [0.29, 0.717) is 16.6 Å². The summed E-state index contributed by atoms with van der Waals surface area (Å²) in [7, 11) is -3.81. The van der Waals surface area contributed by atoms with Crippen LogP contribution in [0.15, 0.2) is 29.2 Å². The maximum absolute atomic E-state index is 11.4. The number of nitrogens with zero attached hydrogens (tertiary/aromatic N) is 4. The minimum absolute atomic E-state index is 0.0358. The van der Waals surface area contributed by atoms with Gasteiger partial charge in [-0.25, -0.2) is 18.5 Å². The molecule has 12 heteroatoms. The summed E-state index contributed by atoms with van der Waals surface area (Å²) in [5, 5.41) is 29.9. The first kappa shape index (κ1) is 20.2. The van der Waals surface area contributed by atoms with Crippen molar-refractivity contribution in [3.8, 4) is 6.07 Å². The second-order valence-electron chi connectivity index (χ2n) is 6.05. The number of aromatic nitrogens is 3. The molecule has 2 aromatic heterocycles. The lowest BCUT2D eigenvalue weighted by molar-refractivity contribution is 0.311. The monoisotopic (exact) mass is 414 g/mol. The molecule has 11 nitrogen and oxygen atoms in total. The van der Waals surface area contributed by atoms with E-state index < -0.39 is 10.0 Å². The Kier molecular flexibility index (Phi) is 5.46. The summed E-state index contributed by atoms with van der Waals surface area (Å²) in [5.74, 6) is 0.581. The minimum atomic E-state index is -3.81. The largest absolute Gasteiger partial charge is 0.395 e. The van der Waals surface area contributed by atoms with E-state index in [1.807, 2.05) is 0 Å². The summed E-state index contributed by atoms with van der Waals surface area (Å²) in [6.07, 6.45) is 0. The fourth-order valence-electron chi connectivity index (χ4n) is 2.71. The number of hydrogen-bond donors (Lipinski definition) is 5. The molecule has 0 aliphatic rings. The fourth-order valence-corrected chi connectivity index (χ4v) is 3.22. The number of nitrogens with two attached hydrogens (primary N) is 2. The fraction of sp³-hybridized carbons (Fsp3) is 0.176. The second kappa shape index (κ2) is 7.84. The summed E-state index contributed by atoms with van der Waals surface area (Å²) in [6, 6.07) is 7.78. The van der Waals surface area contributed by atoms with Crippen molar-refractivity contribution >= 4 is 44.3 Å². The molecule has 0 saturated heterocycles. The number of anilines is 4. The van der Waals surface area contributed by atoms with Gasteiger partial charge in [0.25, 0.3) is 0 Å². The molecule has 0 aliphatic carbocycles. The minimum Gasteiger partial charge on any atom is -0.395 e. The van der Waals surface area contributed by atoms with Crippen molar-refractivity contribution in [1.29, 1.82) is 5.26 Å². The van der Waals surface area contributed by atoms with Crippen LogP contribution in [0.3, 0.4) is 0 Å². The summed E-state index contributed by atoms with van der Waals surface area (Å²) >= 11 is 0. The van der Waals surface area contributed by atoms with Gasteiger partial charge in [-0.05, 0) is 36.8 Å². The van der Waals surface area contributed by atoms with Gasteiger partial charge in [0.15, 0.2) is 11.5 Å². The van der Waals surface area contributed by atoms with E-state index in [2.05, 4.69) is 31.7 Å². The van der Waals surface area contributed by atoms with Crippen LogP contribution >= 0.6 is 0 Å². The molecule has 0 unspecified atom stereocenters. The topological polar surface area (TPSA) is 193 Å². The number of benzene rings is 1. The van der Waals surface area contributed by atoms with Gasteiger partial charge in [0.1, 0.15) is 11.9 Å². The smallest absolute Gasteiger partial charge is 0.238 e. The summed E-state index contributed by atoms with van der Waals surface area (Å²) < 4.78 is 22.8. The number of sulfonamides is 1. The number of nitrogen functional groups attached to an aromatic ring is 1. The molecule has 150 valence electrons. The van der Waals surface area contributed by atoms with Crippen molar-refractivity contribution in [3.05, 3.63) is 35.4 Å². The average molecular weight is 414 g/mol. The molecule has 0 aliphatic heterocycles. The molecule has 7 N–H and O–H groups in total. The maximum atomic E-state index is 11.4. The van der Waals surface area contributed by atoms with Crippen LogP contribution in [0.5, 0.6) is 0 Å². The molecule has 0 bridgehead atoms. The van der Waals surface area contributed by atoms with Gasteiger partial charge in [0, 0.05) is 12.2 Å². The third-order valence-electron chi connectivity index (χ3n) is 4.07. The Hall–Kier alpha value is -3.53. The van der Waals surface area contributed by atoms with Gasteiger partial charge in [-0.2, -0.15) is 15.2 Å². The van der Waals surface area contributed by atoms with E-state index in [-0.39, 0.29) is 46.8 Å². The number of aryl methyl sites for hydroxylation is 1. The van der Waals surface area contributed by atoms with E-state index in [4.69, 9.17) is 16.0 Å². The number of primary sulfonamides is 1. The number of aliphatic hydroxyl groups excluding tert-OH is 1. The summed E-state index contributed by atoms with van der Waals surface area (Å²) in [6.45, 7) is 1.84. The highest BCUT2D eigenvalue weighted by molar-refractivity contribution is 7.89. The van der Waals surface area contributed by atoms with Crippen molar-refractivity contribution in [1.82, 2.24) is 15.0 Å². The Morgan fingerprint density at radius 3 is 2.48 bits per heavy atom. The lowest BCUT2D eigenvalue weighted by Gasteiger charge is -2.13. The zero-order valence-electron chi connectivity index (χ0n) is 15.3. The van der Waals surface area contributed by atoms with Crippen LogP contribution in [-0.4, -0.2) is 41.6 Å². The summed E-state index contributed by atoms with van der Waals surface area (Å²) in [5.41, 5.74) is 7.58. The number of hydrogen-bond acceptors (Lipinski definition) is 10. The van der Waals surface area contributed by atoms with E-state index in [9.17, 15) is 13.7 Å². The second-order valence-corrected chi connectivity index (χ2v) is 7.61. The van der Waals surface area contributed by atoms with Gasteiger partial charge in [-0.3, -0.25) is 0 Å².